The van der Waals surface area contributed by atoms with Crippen LogP contribution < -0.4 is 5.32 Å². The van der Waals surface area contributed by atoms with Gasteiger partial charge in [0.15, 0.2) is 5.82 Å². The molecule has 1 N–H and O–H groups in total. The van der Waals surface area contributed by atoms with Gasteiger partial charge in [-0.3, -0.25) is 10.1 Å². The summed E-state index contributed by atoms with van der Waals surface area (Å²) in [6, 6.07) is 3.72. The normalized spacial score (nSPS) is 14.4. The van der Waals surface area contributed by atoms with E-state index in [4.69, 9.17) is 0 Å². The van der Waals surface area contributed by atoms with Crippen molar-refractivity contribution in [2.24, 2.45) is 0 Å². The molecule has 0 atom stereocenters. The Kier molecular flexibility index (Phi) is 3.68. The highest BCUT2D eigenvalue weighted by Gasteiger charge is 2.23. The second-order valence-electron chi connectivity index (χ2n) is 5.01. The first-order valence-corrected chi connectivity index (χ1v) is 7.31. The van der Waals surface area contributed by atoms with E-state index in [9.17, 15) is 10.1 Å². The lowest BCUT2D eigenvalue weighted by Gasteiger charge is -2.08. The third-order valence-corrected chi connectivity index (χ3v) is 3.99. The fourth-order valence-corrected chi connectivity index (χ4v) is 2.66. The number of nitrogens with zero attached hydrogens (tertiary/aromatic N) is 5. The molecule has 0 saturated heterocycles. The summed E-state index contributed by atoms with van der Waals surface area (Å²) in [6.45, 7) is 2.23. The summed E-state index contributed by atoms with van der Waals surface area (Å²) in [4.78, 5) is 10.7. The number of nitro groups is 1. The van der Waals surface area contributed by atoms with Crippen LogP contribution in [0.4, 0.5) is 5.69 Å². The number of hydrogen-bond donors (Lipinski definition) is 1. The van der Waals surface area contributed by atoms with Crippen molar-refractivity contribution in [3.8, 4) is 5.69 Å². The fraction of sp³-hybridized carbons (Fsp3) is 0.417. The number of benzene rings is 1. The first-order valence-electron chi connectivity index (χ1n) is 6.52. The molecule has 21 heavy (non-hydrogen) atoms. The third kappa shape index (κ3) is 2.93. The summed E-state index contributed by atoms with van der Waals surface area (Å²) in [5.41, 5.74) is 1.19. The van der Waals surface area contributed by atoms with Crippen LogP contribution in [-0.4, -0.2) is 31.2 Å². The molecule has 9 heteroatoms. The maximum absolute atomic E-state index is 11.1. The average Bonchev–Trinajstić information content (AvgIpc) is 3.14. The van der Waals surface area contributed by atoms with Crippen LogP contribution in [0.3, 0.4) is 0 Å². The number of hydrogen-bond acceptors (Lipinski definition) is 6. The van der Waals surface area contributed by atoms with Crippen molar-refractivity contribution in [2.45, 2.75) is 32.4 Å². The van der Waals surface area contributed by atoms with Crippen LogP contribution in [0.5, 0.6) is 0 Å². The molecule has 0 unspecified atom stereocenters. The highest BCUT2D eigenvalue weighted by atomic mass is 79.9. The van der Waals surface area contributed by atoms with Gasteiger partial charge in [-0.1, -0.05) is 0 Å². The molecule has 0 aliphatic heterocycles. The van der Waals surface area contributed by atoms with Crippen LogP contribution in [0, 0.1) is 17.0 Å². The smallest absolute Gasteiger partial charge is 0.274 e. The van der Waals surface area contributed by atoms with Crippen molar-refractivity contribution in [2.75, 3.05) is 0 Å². The molecule has 8 nitrogen and oxygen atoms in total. The van der Waals surface area contributed by atoms with E-state index in [1.54, 1.807) is 13.0 Å². The van der Waals surface area contributed by atoms with Gasteiger partial charge in [0.25, 0.3) is 5.69 Å². The average molecular weight is 353 g/mol. The van der Waals surface area contributed by atoms with E-state index >= 15 is 0 Å². The van der Waals surface area contributed by atoms with Gasteiger partial charge in [0.2, 0.25) is 0 Å². The second kappa shape index (κ2) is 5.49. The second-order valence-corrected chi connectivity index (χ2v) is 5.86. The van der Waals surface area contributed by atoms with Gasteiger partial charge in [-0.2, -0.15) is 4.68 Å². The van der Waals surface area contributed by atoms with Crippen LogP contribution >= 0.6 is 15.9 Å². The predicted molar refractivity (Wildman–Crippen MR) is 78.1 cm³/mol. The number of aromatic nitrogens is 4. The molecule has 110 valence electrons. The van der Waals surface area contributed by atoms with E-state index in [-0.39, 0.29) is 5.69 Å². The van der Waals surface area contributed by atoms with E-state index in [0.29, 0.717) is 34.1 Å². The Morgan fingerprint density at radius 3 is 2.95 bits per heavy atom. The Morgan fingerprint density at radius 2 is 2.29 bits per heavy atom. The Bertz CT molecular complexity index is 697. The van der Waals surface area contributed by atoms with E-state index < -0.39 is 4.92 Å². The van der Waals surface area contributed by atoms with Gasteiger partial charge in [0, 0.05) is 22.1 Å². The minimum absolute atomic E-state index is 0.0461. The van der Waals surface area contributed by atoms with Crippen molar-refractivity contribution in [1.29, 1.82) is 0 Å². The molecule has 1 heterocycles. The van der Waals surface area contributed by atoms with Crippen LogP contribution in [0.2, 0.25) is 0 Å². The van der Waals surface area contributed by atoms with Gasteiger partial charge in [-0.05, 0) is 52.2 Å². The van der Waals surface area contributed by atoms with Crippen LogP contribution in [0.25, 0.3) is 5.69 Å². The summed E-state index contributed by atoms with van der Waals surface area (Å²) in [7, 11) is 0. The number of tetrazole rings is 1. The largest absolute Gasteiger partial charge is 0.307 e. The molecule has 1 fully saturated rings. The van der Waals surface area contributed by atoms with Crippen LogP contribution in [0.15, 0.2) is 16.6 Å². The van der Waals surface area contributed by atoms with Gasteiger partial charge in [-0.15, -0.1) is 5.10 Å². The van der Waals surface area contributed by atoms with E-state index in [0.717, 1.165) is 0 Å². The lowest BCUT2D eigenvalue weighted by Crippen LogP contribution is -2.19. The SMILES string of the molecule is Cc1cc(Br)c(-n2nnnc2CNC2CC2)cc1[N+](=O)[O-]. The van der Waals surface area contributed by atoms with Gasteiger partial charge < -0.3 is 5.32 Å². The predicted octanol–water partition coefficient (Wildman–Crippen LogP) is 1.89. The third-order valence-electron chi connectivity index (χ3n) is 3.35. The van der Waals surface area contributed by atoms with Crippen molar-refractivity contribution < 1.29 is 4.92 Å². The zero-order valence-electron chi connectivity index (χ0n) is 11.3. The van der Waals surface area contributed by atoms with E-state index in [1.165, 1.54) is 23.6 Å². The molecule has 2 aromatic rings. The molecular weight excluding hydrogens is 340 g/mol. The first-order chi connectivity index (χ1) is 10.1. The molecular formula is C12H13BrN6O2. The highest BCUT2D eigenvalue weighted by Crippen LogP contribution is 2.29. The summed E-state index contributed by atoms with van der Waals surface area (Å²) in [5, 5.41) is 26.0. The number of aryl methyl sites for hydroxylation is 1. The zero-order valence-corrected chi connectivity index (χ0v) is 12.9. The standard InChI is InChI=1S/C12H13BrN6O2/c1-7-4-9(13)11(5-10(7)19(20)21)18-12(15-16-17-18)6-14-8-2-3-8/h4-5,8,14H,2-3,6H2,1H3. The van der Waals surface area contributed by atoms with Gasteiger partial charge >= 0.3 is 0 Å². The molecule has 0 bridgehead atoms. The van der Waals surface area contributed by atoms with E-state index in [1.807, 2.05) is 0 Å². The molecule has 1 aliphatic carbocycles. The molecule has 1 aliphatic rings. The summed E-state index contributed by atoms with van der Waals surface area (Å²) in [6.07, 6.45) is 2.34. The van der Waals surface area contributed by atoms with Crippen molar-refractivity contribution >= 4 is 21.6 Å². The Morgan fingerprint density at radius 1 is 1.52 bits per heavy atom. The summed E-state index contributed by atoms with van der Waals surface area (Å²) in [5.74, 6) is 0.626. The maximum Gasteiger partial charge on any atom is 0.274 e. The minimum Gasteiger partial charge on any atom is -0.307 e. The Labute approximate surface area is 128 Å². The van der Waals surface area contributed by atoms with Crippen molar-refractivity contribution in [1.82, 2.24) is 25.5 Å². The zero-order chi connectivity index (χ0) is 15.0. The van der Waals surface area contributed by atoms with Crippen molar-refractivity contribution in [3.05, 3.63) is 38.1 Å². The van der Waals surface area contributed by atoms with Crippen LogP contribution in [0.1, 0.15) is 24.2 Å². The van der Waals surface area contributed by atoms with Gasteiger partial charge in [0.1, 0.15) is 0 Å². The van der Waals surface area contributed by atoms with Gasteiger partial charge in [-0.25, -0.2) is 0 Å². The summed E-state index contributed by atoms with van der Waals surface area (Å²) < 4.78 is 2.23. The fourth-order valence-electron chi connectivity index (χ4n) is 2.04. The minimum atomic E-state index is -0.405. The van der Waals surface area contributed by atoms with Gasteiger partial charge in [0.05, 0.1) is 17.2 Å². The quantitative estimate of drug-likeness (QED) is 0.651. The number of nitro benzene ring substituents is 1. The first kappa shape index (κ1) is 14.1. The Balaban J connectivity index is 1.97. The summed E-state index contributed by atoms with van der Waals surface area (Å²) >= 11 is 3.42. The number of nitrogens with one attached hydrogen (secondary N) is 1. The molecule has 0 amide bonds. The van der Waals surface area contributed by atoms with E-state index in [2.05, 4.69) is 36.8 Å². The number of rotatable bonds is 5. The maximum atomic E-state index is 11.1. The van der Waals surface area contributed by atoms with Crippen molar-refractivity contribution in [3.63, 3.8) is 0 Å². The molecule has 0 spiro atoms. The monoisotopic (exact) mass is 352 g/mol. The number of halogens is 1. The lowest BCUT2D eigenvalue weighted by atomic mass is 10.2. The molecule has 1 aromatic heterocycles. The Hall–Kier alpha value is -1.87. The molecule has 1 saturated carbocycles. The molecule has 1 aromatic carbocycles. The molecule has 0 radical (unpaired) electrons. The van der Waals surface area contributed by atoms with Crippen LogP contribution in [-0.2, 0) is 6.54 Å². The lowest BCUT2D eigenvalue weighted by molar-refractivity contribution is -0.385. The highest BCUT2D eigenvalue weighted by molar-refractivity contribution is 9.10. The topological polar surface area (TPSA) is 98.8 Å². The molecule has 3 rings (SSSR count).